The van der Waals surface area contributed by atoms with Crippen LogP contribution in [0.1, 0.15) is 79.1 Å². The van der Waals surface area contributed by atoms with E-state index in [-0.39, 0.29) is 43.0 Å². The van der Waals surface area contributed by atoms with E-state index in [1.54, 1.807) is 0 Å². The van der Waals surface area contributed by atoms with Gasteiger partial charge in [0.25, 0.3) is 0 Å². The van der Waals surface area contributed by atoms with Crippen molar-refractivity contribution in [3.05, 3.63) is 0 Å². The van der Waals surface area contributed by atoms with Gasteiger partial charge in [-0.25, -0.2) is 0 Å². The fraction of sp³-hybridized carbons (Fsp3) is 0.760. The van der Waals surface area contributed by atoms with Crippen molar-refractivity contribution < 1.29 is 39.0 Å². The quantitative estimate of drug-likeness (QED) is 0.0997. The van der Waals surface area contributed by atoms with Crippen molar-refractivity contribution in [2.24, 2.45) is 17.8 Å². The van der Waals surface area contributed by atoms with E-state index in [0.29, 0.717) is 19.0 Å². The number of unbranched alkanes of at least 4 members (excludes halogenated alkanes) is 3. The van der Waals surface area contributed by atoms with Gasteiger partial charge in [-0.1, -0.05) is 47.0 Å². The molecule has 6 N–H and O–H groups in total. The normalized spacial score (nSPS) is 12.5. The highest BCUT2D eigenvalue weighted by atomic mass is 16.4. The molecule has 2 atom stereocenters. The summed E-state index contributed by atoms with van der Waals surface area (Å²) in [5.41, 5.74) is 0. The highest BCUT2D eigenvalue weighted by Crippen LogP contribution is 2.18. The molecule has 0 saturated heterocycles. The number of rotatable bonds is 20. The Balaban J connectivity index is 4.25. The van der Waals surface area contributed by atoms with Gasteiger partial charge in [0.15, 0.2) is 0 Å². The Hall–Kier alpha value is -3.18. The maximum Gasteiger partial charge on any atom is 0.312 e. The van der Waals surface area contributed by atoms with Crippen molar-refractivity contribution in [2.45, 2.75) is 85.1 Å². The van der Waals surface area contributed by atoms with Crippen molar-refractivity contribution in [1.82, 2.24) is 21.3 Å². The van der Waals surface area contributed by atoms with Crippen molar-refractivity contribution in [3.63, 3.8) is 0 Å². The first-order valence-electron chi connectivity index (χ1n) is 12.9. The smallest absolute Gasteiger partial charge is 0.312 e. The minimum atomic E-state index is -1.25. The van der Waals surface area contributed by atoms with Crippen LogP contribution in [0.4, 0.5) is 0 Å². The Morgan fingerprint density at radius 1 is 0.676 bits per heavy atom. The van der Waals surface area contributed by atoms with Crippen LogP contribution in [0.2, 0.25) is 0 Å². The number of carbonyl (C=O) groups is 6. The van der Waals surface area contributed by atoms with Crippen LogP contribution < -0.4 is 21.3 Å². The molecule has 12 nitrogen and oxygen atoms in total. The summed E-state index contributed by atoms with van der Waals surface area (Å²) in [5.74, 6) is -3.68. The van der Waals surface area contributed by atoms with Crippen molar-refractivity contribution in [2.75, 3.05) is 19.6 Å². The van der Waals surface area contributed by atoms with Crippen LogP contribution in [0.25, 0.3) is 0 Å². The molecule has 0 fully saturated rings. The summed E-state index contributed by atoms with van der Waals surface area (Å²) in [7, 11) is 0. The van der Waals surface area contributed by atoms with E-state index in [0.717, 1.165) is 32.1 Å². The number of hydrogen-bond donors (Lipinski definition) is 6. The molecule has 0 aliphatic carbocycles. The third-order valence-electron chi connectivity index (χ3n) is 5.89. The molecule has 212 valence electrons. The second-order valence-electron chi connectivity index (χ2n) is 9.83. The second kappa shape index (κ2) is 19.0. The molecule has 0 unspecified atom stereocenters. The van der Waals surface area contributed by atoms with E-state index in [1.165, 1.54) is 0 Å². The minimum Gasteiger partial charge on any atom is -0.481 e. The summed E-state index contributed by atoms with van der Waals surface area (Å²) >= 11 is 0. The molecule has 0 rings (SSSR count). The lowest BCUT2D eigenvalue weighted by atomic mass is 9.90. The van der Waals surface area contributed by atoms with Gasteiger partial charge in [0.05, 0.1) is 13.0 Å². The summed E-state index contributed by atoms with van der Waals surface area (Å²) in [6.45, 7) is 8.52. The lowest BCUT2D eigenvalue weighted by molar-refractivity contribution is -0.141. The largest absolute Gasteiger partial charge is 0.481 e. The number of nitrogens with one attached hydrogen (secondary N) is 4. The van der Waals surface area contributed by atoms with Crippen LogP contribution >= 0.6 is 0 Å². The fourth-order valence-corrected chi connectivity index (χ4v) is 3.57. The maximum atomic E-state index is 12.7. The Morgan fingerprint density at radius 3 is 1.89 bits per heavy atom. The molecular formula is C25H44N4O8. The van der Waals surface area contributed by atoms with Gasteiger partial charge < -0.3 is 31.5 Å². The molecule has 0 aromatic heterocycles. The van der Waals surface area contributed by atoms with Gasteiger partial charge in [0, 0.05) is 19.5 Å². The molecule has 0 heterocycles. The van der Waals surface area contributed by atoms with E-state index in [4.69, 9.17) is 10.2 Å². The van der Waals surface area contributed by atoms with E-state index in [9.17, 15) is 28.8 Å². The average Bonchev–Trinajstić information content (AvgIpc) is 2.79. The first-order chi connectivity index (χ1) is 17.3. The van der Waals surface area contributed by atoms with E-state index in [2.05, 4.69) is 35.1 Å². The predicted octanol–water partition coefficient (Wildman–Crippen LogP) is 1.04. The molecule has 0 saturated carbocycles. The lowest BCUT2D eigenvalue weighted by Crippen LogP contribution is -2.50. The average molecular weight is 529 g/mol. The topological polar surface area (TPSA) is 191 Å². The number of carboxylic acids is 2. The molecule has 37 heavy (non-hydrogen) atoms. The number of aliphatic carboxylic acids is 2. The lowest BCUT2D eigenvalue weighted by Gasteiger charge is -2.25. The van der Waals surface area contributed by atoms with Gasteiger partial charge in [0.1, 0.15) is 12.5 Å². The van der Waals surface area contributed by atoms with Crippen molar-refractivity contribution in [1.29, 1.82) is 0 Å². The van der Waals surface area contributed by atoms with Gasteiger partial charge in [-0.2, -0.15) is 0 Å². The number of carboxylic acid groups (broad SMARTS) is 2. The van der Waals surface area contributed by atoms with E-state index < -0.39 is 36.2 Å². The minimum absolute atomic E-state index is 0.146. The first kappa shape index (κ1) is 33.8. The molecule has 0 aromatic rings. The molecular weight excluding hydrogens is 484 g/mol. The molecule has 4 amide bonds. The van der Waals surface area contributed by atoms with Crippen LogP contribution in [0, 0.1) is 17.8 Å². The van der Waals surface area contributed by atoms with Gasteiger partial charge in [0.2, 0.25) is 23.6 Å². The first-order valence-corrected chi connectivity index (χ1v) is 12.9. The zero-order valence-electron chi connectivity index (χ0n) is 22.4. The third kappa shape index (κ3) is 17.8. The molecule has 0 bridgehead atoms. The molecule has 0 radical (unpaired) electrons. The monoisotopic (exact) mass is 528 g/mol. The summed E-state index contributed by atoms with van der Waals surface area (Å²) in [6, 6.07) is -0.727. The zero-order valence-corrected chi connectivity index (χ0v) is 22.4. The maximum absolute atomic E-state index is 12.7. The second-order valence-corrected chi connectivity index (χ2v) is 9.83. The molecule has 0 spiro atoms. The Bertz CT molecular complexity index is 770. The standard InChI is InChI=1S/C25H44N4O8/c1-16(2)18(14-28-25(37)24(17(3)4)29-19(30)10-11-22(33)34)9-7-5-6-8-12-26-21(32)15-27-20(31)13-23(35)36/h16-18,24H,5-15H2,1-4H3,(H,26,32)(H,27,31)(H,28,37)(H,29,30)(H,33,34)(H,35,36)/t18-,24+/m1/s1. The zero-order chi connectivity index (χ0) is 28.4. The van der Waals surface area contributed by atoms with E-state index in [1.807, 2.05) is 13.8 Å². The molecule has 0 aromatic carbocycles. The van der Waals surface area contributed by atoms with Gasteiger partial charge >= 0.3 is 11.9 Å². The van der Waals surface area contributed by atoms with Gasteiger partial charge in [-0.05, 0) is 30.6 Å². The van der Waals surface area contributed by atoms with Gasteiger partial charge in [-0.15, -0.1) is 0 Å². The SMILES string of the molecule is CC(C)[C@H](CCCCCCNC(=O)CNC(=O)CC(=O)O)CNC(=O)[C@@H](NC(=O)CCC(=O)O)C(C)C. The Kier molecular flexibility index (Phi) is 17.4. The number of amides is 4. The van der Waals surface area contributed by atoms with Crippen LogP contribution in [-0.4, -0.2) is 71.5 Å². The van der Waals surface area contributed by atoms with Gasteiger partial charge in [-0.3, -0.25) is 28.8 Å². The number of hydrogen-bond acceptors (Lipinski definition) is 6. The van der Waals surface area contributed by atoms with Crippen molar-refractivity contribution >= 4 is 35.6 Å². The van der Waals surface area contributed by atoms with Crippen LogP contribution in [-0.2, 0) is 28.8 Å². The third-order valence-corrected chi connectivity index (χ3v) is 5.89. The Morgan fingerprint density at radius 2 is 1.32 bits per heavy atom. The van der Waals surface area contributed by atoms with Crippen LogP contribution in [0.15, 0.2) is 0 Å². The highest BCUT2D eigenvalue weighted by Gasteiger charge is 2.25. The number of carbonyl (C=O) groups excluding carboxylic acids is 4. The van der Waals surface area contributed by atoms with Crippen molar-refractivity contribution in [3.8, 4) is 0 Å². The summed E-state index contributed by atoms with van der Waals surface area (Å²) in [6.07, 6.45) is 3.37. The molecule has 0 aliphatic rings. The predicted molar refractivity (Wildman–Crippen MR) is 136 cm³/mol. The van der Waals surface area contributed by atoms with Crippen LogP contribution in [0.3, 0.4) is 0 Å². The Labute approximate surface area is 218 Å². The molecule has 12 heteroatoms. The summed E-state index contributed by atoms with van der Waals surface area (Å²) < 4.78 is 0. The summed E-state index contributed by atoms with van der Waals surface area (Å²) in [5, 5.41) is 27.7. The highest BCUT2D eigenvalue weighted by molar-refractivity contribution is 5.95. The van der Waals surface area contributed by atoms with E-state index >= 15 is 0 Å². The fourth-order valence-electron chi connectivity index (χ4n) is 3.57. The molecule has 0 aliphatic heterocycles. The summed E-state index contributed by atoms with van der Waals surface area (Å²) in [4.78, 5) is 68.6. The van der Waals surface area contributed by atoms with Crippen LogP contribution in [0.5, 0.6) is 0 Å².